The topological polar surface area (TPSA) is 30.0 Å². The molecule has 2 nitrogen and oxygen atoms in total. The molecule has 1 N–H and O–H groups in total. The summed E-state index contributed by atoms with van der Waals surface area (Å²) in [6, 6.07) is 1.04. The molecule has 0 aromatic heterocycles. The highest BCUT2D eigenvalue weighted by molar-refractivity contribution is 4.70. The molecule has 2 rings (SSSR count). The van der Waals surface area contributed by atoms with E-state index >= 15 is 0 Å². The highest BCUT2D eigenvalue weighted by atomic mass is 16.0. The highest BCUT2D eigenvalue weighted by Gasteiger charge is 2.36. The number of likely N-dealkylation sites (tertiary alicyclic amines) is 1. The van der Waals surface area contributed by atoms with Crippen molar-refractivity contribution in [1.29, 1.82) is 0 Å². The van der Waals surface area contributed by atoms with Gasteiger partial charge in [0.1, 0.15) is 0 Å². The van der Waals surface area contributed by atoms with E-state index in [9.17, 15) is 0 Å². The first-order chi connectivity index (χ1) is 5.31. The Labute approximate surface area is 75.5 Å². The minimum absolute atomic E-state index is 0. The summed E-state index contributed by atoms with van der Waals surface area (Å²) in [4.78, 5) is 0. The summed E-state index contributed by atoms with van der Waals surface area (Å²) in [5.41, 5.74) is 0. The molecule has 1 aliphatic carbocycles. The van der Waals surface area contributed by atoms with Crippen LogP contribution in [0.25, 0.3) is 0 Å². The Morgan fingerprint density at radius 3 is 1.92 bits per heavy atom. The molecule has 0 amide bonds. The first-order valence-electron chi connectivity index (χ1n) is 5.15. The average molecular weight is 171 g/mol. The van der Waals surface area contributed by atoms with Gasteiger partial charge in [-0.25, -0.2) is 0 Å². The van der Waals surface area contributed by atoms with Crippen LogP contribution in [0.15, 0.2) is 0 Å². The maximum absolute atomic E-state index is 2.48. The molecule has 1 saturated heterocycles. The summed E-state index contributed by atoms with van der Waals surface area (Å²) in [7, 11) is 2.48. The van der Waals surface area contributed by atoms with E-state index in [2.05, 4.69) is 7.05 Å². The maximum Gasteiger partial charge on any atom is 0.0888 e. The second-order valence-corrected chi connectivity index (χ2v) is 4.57. The molecule has 1 aliphatic heterocycles. The lowest BCUT2D eigenvalue weighted by Gasteiger charge is -2.35. The zero-order valence-electron chi connectivity index (χ0n) is 8.13. The molecular weight excluding hydrogens is 150 g/mol. The van der Waals surface area contributed by atoms with E-state index in [0.717, 1.165) is 6.04 Å². The lowest BCUT2D eigenvalue weighted by atomic mass is 10.2. The third kappa shape index (κ3) is 1.64. The predicted octanol–water partition coefficient (Wildman–Crippen LogP) is 1.99. The Morgan fingerprint density at radius 1 is 0.917 bits per heavy atom. The van der Waals surface area contributed by atoms with Crippen molar-refractivity contribution in [3.8, 4) is 0 Å². The highest BCUT2D eigenvalue weighted by Crippen LogP contribution is 2.31. The van der Waals surface area contributed by atoms with Crippen LogP contribution in [0, 0.1) is 0 Å². The van der Waals surface area contributed by atoms with Crippen molar-refractivity contribution in [2.75, 3.05) is 20.1 Å². The van der Waals surface area contributed by atoms with Crippen molar-refractivity contribution in [3.05, 3.63) is 0 Å². The van der Waals surface area contributed by atoms with Crippen LogP contribution in [0.2, 0.25) is 0 Å². The van der Waals surface area contributed by atoms with Crippen LogP contribution in [0.4, 0.5) is 0 Å². The Morgan fingerprint density at radius 2 is 1.42 bits per heavy atom. The average Bonchev–Trinajstić information content (AvgIpc) is 2.55. The summed E-state index contributed by atoms with van der Waals surface area (Å²) >= 11 is 0. The van der Waals surface area contributed by atoms with E-state index in [0.29, 0.717) is 0 Å². The van der Waals surface area contributed by atoms with Crippen LogP contribution >= 0.6 is 0 Å². The first kappa shape index (κ1) is 10.0. The number of hydrogen-bond donors (Lipinski definition) is 0. The summed E-state index contributed by atoms with van der Waals surface area (Å²) in [5, 5.41) is 0. The fourth-order valence-corrected chi connectivity index (χ4v) is 2.95. The van der Waals surface area contributed by atoms with Crippen molar-refractivity contribution < 1.29 is 9.96 Å². The molecule has 0 radical (unpaired) electrons. The van der Waals surface area contributed by atoms with Crippen molar-refractivity contribution in [3.63, 3.8) is 0 Å². The molecule has 2 aliphatic rings. The smallest absolute Gasteiger partial charge is 0.0888 e. The van der Waals surface area contributed by atoms with Gasteiger partial charge in [0, 0.05) is 12.8 Å². The normalized spacial score (nSPS) is 28.8. The van der Waals surface area contributed by atoms with E-state index < -0.39 is 0 Å². The molecular formula is C10H21NO. The van der Waals surface area contributed by atoms with Crippen molar-refractivity contribution in [2.24, 2.45) is 0 Å². The van der Waals surface area contributed by atoms with Gasteiger partial charge in [-0.1, -0.05) is 0 Å². The summed E-state index contributed by atoms with van der Waals surface area (Å²) < 4.78 is 1.42. The molecule has 72 valence electrons. The fraction of sp³-hybridized carbons (Fsp3) is 1.00. The minimum Gasteiger partial charge on any atom is -0.870 e. The van der Waals surface area contributed by atoms with Gasteiger partial charge >= 0.3 is 0 Å². The second kappa shape index (κ2) is 3.75. The molecule has 0 bridgehead atoms. The van der Waals surface area contributed by atoms with E-state index in [1.54, 1.807) is 0 Å². The number of rotatable bonds is 1. The van der Waals surface area contributed by atoms with Crippen LogP contribution in [0.5, 0.6) is 0 Å². The van der Waals surface area contributed by atoms with Gasteiger partial charge in [0.2, 0.25) is 0 Å². The number of hydrogen-bond acceptors (Lipinski definition) is 1. The van der Waals surface area contributed by atoms with Gasteiger partial charge in [-0.3, -0.25) is 0 Å². The summed E-state index contributed by atoms with van der Waals surface area (Å²) in [5.74, 6) is 0. The van der Waals surface area contributed by atoms with E-state index in [-0.39, 0.29) is 5.48 Å². The van der Waals surface area contributed by atoms with Gasteiger partial charge in [0.15, 0.2) is 0 Å². The monoisotopic (exact) mass is 171 g/mol. The number of quaternary nitrogens is 1. The van der Waals surface area contributed by atoms with E-state index in [1.807, 2.05) is 0 Å². The Balaban J connectivity index is 0.000000720. The van der Waals surface area contributed by atoms with Gasteiger partial charge in [0.25, 0.3) is 0 Å². The van der Waals surface area contributed by atoms with Crippen LogP contribution < -0.4 is 0 Å². The maximum atomic E-state index is 2.48. The first-order valence-corrected chi connectivity index (χ1v) is 5.15. The minimum atomic E-state index is 0. The lowest BCUT2D eigenvalue weighted by Crippen LogP contribution is -2.48. The lowest BCUT2D eigenvalue weighted by molar-refractivity contribution is -0.921. The van der Waals surface area contributed by atoms with Crippen LogP contribution in [0.3, 0.4) is 0 Å². The molecule has 0 spiro atoms. The molecule has 1 heterocycles. The Bertz CT molecular complexity index is 135. The predicted molar refractivity (Wildman–Crippen MR) is 49.3 cm³/mol. The van der Waals surface area contributed by atoms with Gasteiger partial charge in [-0.15, -0.1) is 0 Å². The SMILES string of the molecule is C[N+]1(C2CCCC2)CCCC1.[OH-]. The summed E-state index contributed by atoms with van der Waals surface area (Å²) in [6.45, 7) is 2.93. The van der Waals surface area contributed by atoms with Gasteiger partial charge in [-0.05, 0) is 25.7 Å². The van der Waals surface area contributed by atoms with E-state index in [4.69, 9.17) is 0 Å². The third-order valence-corrected chi connectivity index (χ3v) is 3.79. The van der Waals surface area contributed by atoms with Gasteiger partial charge in [-0.2, -0.15) is 0 Å². The van der Waals surface area contributed by atoms with E-state index in [1.165, 1.54) is 56.1 Å². The summed E-state index contributed by atoms with van der Waals surface area (Å²) in [6.07, 6.45) is 8.98. The third-order valence-electron chi connectivity index (χ3n) is 3.79. The Kier molecular flexibility index (Phi) is 3.13. The quantitative estimate of drug-likeness (QED) is 0.555. The molecule has 2 fully saturated rings. The Hall–Kier alpha value is -0.0800. The molecule has 1 saturated carbocycles. The fourth-order valence-electron chi connectivity index (χ4n) is 2.95. The van der Waals surface area contributed by atoms with Crippen molar-refractivity contribution in [1.82, 2.24) is 0 Å². The molecule has 0 aromatic carbocycles. The van der Waals surface area contributed by atoms with Gasteiger partial charge < -0.3 is 9.96 Å². The second-order valence-electron chi connectivity index (χ2n) is 4.57. The zero-order chi connectivity index (χ0) is 7.73. The molecule has 0 aromatic rings. The number of nitrogens with zero attached hydrogens (tertiary/aromatic N) is 1. The van der Waals surface area contributed by atoms with Crippen LogP contribution in [0.1, 0.15) is 38.5 Å². The van der Waals surface area contributed by atoms with Gasteiger partial charge in [0.05, 0.1) is 26.2 Å². The zero-order valence-corrected chi connectivity index (χ0v) is 8.13. The molecule has 0 atom stereocenters. The molecule has 2 heteroatoms. The largest absolute Gasteiger partial charge is 0.870 e. The van der Waals surface area contributed by atoms with Crippen molar-refractivity contribution in [2.45, 2.75) is 44.6 Å². The standard InChI is InChI=1S/C10H20N.H2O/c1-11(8-4-5-9-11)10-6-2-3-7-10;/h10H,2-9H2,1H3;1H2/q+1;/p-1. The van der Waals surface area contributed by atoms with Crippen LogP contribution in [-0.4, -0.2) is 36.1 Å². The molecule has 0 unspecified atom stereocenters. The van der Waals surface area contributed by atoms with Crippen LogP contribution in [-0.2, 0) is 0 Å². The molecule has 12 heavy (non-hydrogen) atoms. The van der Waals surface area contributed by atoms with Crippen molar-refractivity contribution >= 4 is 0 Å².